The van der Waals surface area contributed by atoms with Crippen molar-refractivity contribution < 1.29 is 0 Å². The summed E-state index contributed by atoms with van der Waals surface area (Å²) in [4.78, 5) is 0. The van der Waals surface area contributed by atoms with Crippen LogP contribution in [-0.4, -0.2) is 9.78 Å². The number of nitrogens with two attached hydrogens (primary N) is 1. The first-order valence-corrected chi connectivity index (χ1v) is 5.60. The lowest BCUT2D eigenvalue weighted by Gasteiger charge is -2.07. The first-order chi connectivity index (χ1) is 8.38. The van der Waals surface area contributed by atoms with Crippen LogP contribution in [0.5, 0.6) is 0 Å². The smallest absolute Gasteiger partial charge is 0.0723 e. The molecule has 0 saturated heterocycles. The molecule has 3 rings (SSSR count). The van der Waals surface area contributed by atoms with Gasteiger partial charge in [0.25, 0.3) is 0 Å². The van der Waals surface area contributed by atoms with E-state index in [-0.39, 0.29) is 0 Å². The Morgan fingerprint density at radius 2 is 2.06 bits per heavy atom. The number of hydrogen-bond donors (Lipinski definition) is 1. The third-order valence-corrected chi connectivity index (χ3v) is 2.91. The normalized spacial score (nSPS) is 10.9. The third-order valence-electron chi connectivity index (χ3n) is 2.91. The lowest BCUT2D eigenvalue weighted by Crippen LogP contribution is -1.98. The SMILES string of the molecule is NCc1ccc2c(-n3cccn3)cccc2c1. The zero-order chi connectivity index (χ0) is 11.7. The molecule has 84 valence electrons. The fraction of sp³-hybridized carbons (Fsp3) is 0.0714. The Labute approximate surface area is 99.5 Å². The summed E-state index contributed by atoms with van der Waals surface area (Å²) in [7, 11) is 0. The van der Waals surface area contributed by atoms with Gasteiger partial charge in [0, 0.05) is 24.3 Å². The van der Waals surface area contributed by atoms with Crippen LogP contribution in [0, 0.1) is 0 Å². The molecule has 0 radical (unpaired) electrons. The fourth-order valence-corrected chi connectivity index (χ4v) is 2.05. The predicted molar refractivity (Wildman–Crippen MR) is 69.0 cm³/mol. The molecule has 0 fully saturated rings. The molecular weight excluding hydrogens is 210 g/mol. The maximum Gasteiger partial charge on any atom is 0.0723 e. The van der Waals surface area contributed by atoms with Gasteiger partial charge in [-0.05, 0) is 29.1 Å². The fourth-order valence-electron chi connectivity index (χ4n) is 2.05. The van der Waals surface area contributed by atoms with E-state index >= 15 is 0 Å². The summed E-state index contributed by atoms with van der Waals surface area (Å²) in [5.41, 5.74) is 7.90. The molecule has 17 heavy (non-hydrogen) atoms. The van der Waals surface area contributed by atoms with Gasteiger partial charge in [0.15, 0.2) is 0 Å². The van der Waals surface area contributed by atoms with E-state index in [2.05, 4.69) is 35.4 Å². The number of benzene rings is 2. The molecule has 0 aliphatic heterocycles. The van der Waals surface area contributed by atoms with E-state index in [0.717, 1.165) is 11.3 Å². The summed E-state index contributed by atoms with van der Waals surface area (Å²) in [6.07, 6.45) is 3.73. The van der Waals surface area contributed by atoms with Crippen molar-refractivity contribution in [3.8, 4) is 5.69 Å². The van der Waals surface area contributed by atoms with E-state index in [1.165, 1.54) is 10.8 Å². The first kappa shape index (κ1) is 10.1. The van der Waals surface area contributed by atoms with Crippen molar-refractivity contribution in [2.45, 2.75) is 6.54 Å². The van der Waals surface area contributed by atoms with Gasteiger partial charge in [0.2, 0.25) is 0 Å². The molecule has 1 aromatic heterocycles. The molecule has 0 saturated carbocycles. The molecule has 1 heterocycles. The minimum atomic E-state index is 0.571. The highest BCUT2D eigenvalue weighted by atomic mass is 15.3. The van der Waals surface area contributed by atoms with Gasteiger partial charge in [-0.3, -0.25) is 0 Å². The average Bonchev–Trinajstić information content (AvgIpc) is 2.91. The van der Waals surface area contributed by atoms with Crippen LogP contribution in [0.2, 0.25) is 0 Å². The van der Waals surface area contributed by atoms with Crippen molar-refractivity contribution in [2.75, 3.05) is 0 Å². The van der Waals surface area contributed by atoms with Crippen LogP contribution < -0.4 is 5.73 Å². The third kappa shape index (κ3) is 1.70. The lowest BCUT2D eigenvalue weighted by molar-refractivity contribution is 0.887. The Morgan fingerprint density at radius 1 is 1.12 bits per heavy atom. The molecule has 2 N–H and O–H groups in total. The highest BCUT2D eigenvalue weighted by molar-refractivity contribution is 5.90. The zero-order valence-electron chi connectivity index (χ0n) is 9.38. The standard InChI is InChI=1S/C14H13N3/c15-10-11-5-6-13-12(9-11)3-1-4-14(13)17-8-2-7-16-17/h1-9H,10,15H2. The highest BCUT2D eigenvalue weighted by Gasteiger charge is 2.03. The second-order valence-electron chi connectivity index (χ2n) is 3.99. The second kappa shape index (κ2) is 4.03. The summed E-state index contributed by atoms with van der Waals surface area (Å²) >= 11 is 0. The minimum absolute atomic E-state index is 0.571. The van der Waals surface area contributed by atoms with Crippen LogP contribution in [0.3, 0.4) is 0 Å². The number of nitrogens with zero attached hydrogens (tertiary/aromatic N) is 2. The van der Waals surface area contributed by atoms with Gasteiger partial charge in [-0.1, -0.05) is 24.3 Å². The van der Waals surface area contributed by atoms with Crippen LogP contribution in [0.4, 0.5) is 0 Å². The number of hydrogen-bond acceptors (Lipinski definition) is 2. The molecule has 0 aliphatic carbocycles. The summed E-state index contributed by atoms with van der Waals surface area (Å²) in [6.45, 7) is 0.571. The maximum absolute atomic E-state index is 5.66. The number of aromatic nitrogens is 2. The van der Waals surface area contributed by atoms with Gasteiger partial charge < -0.3 is 5.73 Å². The molecule has 3 heteroatoms. The molecule has 0 amide bonds. The molecule has 3 aromatic rings. The van der Waals surface area contributed by atoms with Crippen LogP contribution in [0.15, 0.2) is 54.9 Å². The molecular formula is C14H13N3. The van der Waals surface area contributed by atoms with E-state index in [1.807, 2.05) is 23.0 Å². The van der Waals surface area contributed by atoms with E-state index in [4.69, 9.17) is 5.73 Å². The summed E-state index contributed by atoms with van der Waals surface area (Å²) in [6, 6.07) is 14.4. The monoisotopic (exact) mass is 223 g/mol. The van der Waals surface area contributed by atoms with Crippen molar-refractivity contribution in [1.29, 1.82) is 0 Å². The molecule has 0 unspecified atom stereocenters. The minimum Gasteiger partial charge on any atom is -0.326 e. The molecule has 0 aliphatic rings. The van der Waals surface area contributed by atoms with Gasteiger partial charge in [0.1, 0.15) is 0 Å². The summed E-state index contributed by atoms with van der Waals surface area (Å²) in [5, 5.41) is 6.65. The Hall–Kier alpha value is -2.13. The second-order valence-corrected chi connectivity index (χ2v) is 3.99. The van der Waals surface area contributed by atoms with Crippen molar-refractivity contribution in [3.05, 3.63) is 60.4 Å². The van der Waals surface area contributed by atoms with E-state index < -0.39 is 0 Å². The van der Waals surface area contributed by atoms with Gasteiger partial charge in [-0.15, -0.1) is 0 Å². The predicted octanol–water partition coefficient (Wildman–Crippen LogP) is 2.48. The lowest BCUT2D eigenvalue weighted by atomic mass is 10.1. The largest absolute Gasteiger partial charge is 0.326 e. The molecule has 3 nitrogen and oxygen atoms in total. The van der Waals surface area contributed by atoms with Crippen molar-refractivity contribution in [2.24, 2.45) is 5.73 Å². The number of fused-ring (bicyclic) bond motifs is 1. The van der Waals surface area contributed by atoms with Crippen LogP contribution in [-0.2, 0) is 6.54 Å². The molecule has 0 spiro atoms. The van der Waals surface area contributed by atoms with Gasteiger partial charge in [0.05, 0.1) is 5.69 Å². The quantitative estimate of drug-likeness (QED) is 0.725. The molecule has 0 bridgehead atoms. The van der Waals surface area contributed by atoms with Crippen LogP contribution in [0.25, 0.3) is 16.5 Å². The van der Waals surface area contributed by atoms with Gasteiger partial charge >= 0.3 is 0 Å². The summed E-state index contributed by atoms with van der Waals surface area (Å²) < 4.78 is 1.88. The Kier molecular flexibility index (Phi) is 2.38. The van der Waals surface area contributed by atoms with Crippen molar-refractivity contribution in [1.82, 2.24) is 9.78 Å². The first-order valence-electron chi connectivity index (χ1n) is 5.60. The van der Waals surface area contributed by atoms with E-state index in [9.17, 15) is 0 Å². The zero-order valence-corrected chi connectivity index (χ0v) is 9.38. The average molecular weight is 223 g/mol. The van der Waals surface area contributed by atoms with Crippen molar-refractivity contribution in [3.63, 3.8) is 0 Å². The van der Waals surface area contributed by atoms with Crippen molar-refractivity contribution >= 4 is 10.8 Å². The highest BCUT2D eigenvalue weighted by Crippen LogP contribution is 2.22. The van der Waals surface area contributed by atoms with Crippen LogP contribution in [0.1, 0.15) is 5.56 Å². The Balaban J connectivity index is 2.27. The molecule has 2 aromatic carbocycles. The molecule has 0 atom stereocenters. The Bertz CT molecular complexity index is 642. The number of rotatable bonds is 2. The van der Waals surface area contributed by atoms with E-state index in [1.54, 1.807) is 6.20 Å². The van der Waals surface area contributed by atoms with Gasteiger partial charge in [-0.2, -0.15) is 5.10 Å². The topological polar surface area (TPSA) is 43.8 Å². The van der Waals surface area contributed by atoms with Gasteiger partial charge in [-0.25, -0.2) is 4.68 Å². The summed E-state index contributed by atoms with van der Waals surface area (Å²) in [5.74, 6) is 0. The maximum atomic E-state index is 5.66. The Morgan fingerprint density at radius 3 is 2.82 bits per heavy atom. The van der Waals surface area contributed by atoms with E-state index in [0.29, 0.717) is 6.54 Å². The van der Waals surface area contributed by atoms with Crippen LogP contribution >= 0.6 is 0 Å².